The number of aromatic nitrogens is 2. The topological polar surface area (TPSA) is 128 Å². The lowest BCUT2D eigenvalue weighted by molar-refractivity contribution is -0.117. The summed E-state index contributed by atoms with van der Waals surface area (Å²) in [5.41, 5.74) is 1.60. The van der Waals surface area contributed by atoms with Crippen molar-refractivity contribution in [1.29, 1.82) is 0 Å². The summed E-state index contributed by atoms with van der Waals surface area (Å²) in [4.78, 5) is 34.0. The number of sulfonamides is 1. The third-order valence-electron chi connectivity index (χ3n) is 6.05. The molecule has 0 radical (unpaired) electrons. The summed E-state index contributed by atoms with van der Waals surface area (Å²) in [7, 11) is -3.67. The van der Waals surface area contributed by atoms with E-state index in [0.29, 0.717) is 48.5 Å². The average molecular weight is 483 g/mol. The van der Waals surface area contributed by atoms with E-state index in [2.05, 4.69) is 20.6 Å². The number of benzene rings is 1. The number of nitrogens with one attached hydrogen (secondary N) is 3. The van der Waals surface area contributed by atoms with Gasteiger partial charge in [0.25, 0.3) is 5.91 Å². The molecule has 5 rings (SSSR count). The van der Waals surface area contributed by atoms with E-state index in [0.717, 1.165) is 12.8 Å². The lowest BCUT2D eigenvalue weighted by Crippen LogP contribution is -2.50. The van der Waals surface area contributed by atoms with Crippen molar-refractivity contribution in [2.24, 2.45) is 0 Å². The summed E-state index contributed by atoms with van der Waals surface area (Å²) in [6.07, 6.45) is 5.11. The summed E-state index contributed by atoms with van der Waals surface area (Å²) < 4.78 is 27.7. The summed E-state index contributed by atoms with van der Waals surface area (Å²) in [5.74, 6) is -0.347. The van der Waals surface area contributed by atoms with Crippen LogP contribution in [0.5, 0.6) is 0 Å². The monoisotopic (exact) mass is 482 g/mol. The minimum atomic E-state index is -3.67. The number of hydrogen-bond donors (Lipinski definition) is 3. The van der Waals surface area contributed by atoms with E-state index in [1.807, 2.05) is 4.90 Å². The van der Waals surface area contributed by atoms with Gasteiger partial charge in [-0.15, -0.1) is 0 Å². The number of anilines is 1. The number of nitrogens with zero attached hydrogens (tertiary/aromatic N) is 3. The molecular formula is C23H26N6O4S. The van der Waals surface area contributed by atoms with Gasteiger partial charge in [0.05, 0.1) is 6.54 Å². The second-order valence-electron chi connectivity index (χ2n) is 8.61. The average Bonchev–Trinajstić information content (AvgIpc) is 3.53. The molecule has 2 aromatic heterocycles. The van der Waals surface area contributed by atoms with Crippen LogP contribution in [0.4, 0.5) is 5.69 Å². The lowest BCUT2D eigenvalue weighted by Gasteiger charge is -2.33. The molecular weight excluding hydrogens is 456 g/mol. The van der Waals surface area contributed by atoms with Crippen molar-refractivity contribution in [3.8, 4) is 0 Å². The van der Waals surface area contributed by atoms with Crippen molar-refractivity contribution in [2.45, 2.75) is 23.8 Å². The van der Waals surface area contributed by atoms with Gasteiger partial charge in [0.2, 0.25) is 15.9 Å². The Labute approximate surface area is 197 Å². The number of carbonyl (C=O) groups excluding carboxylic acids is 2. The number of carbonyl (C=O) groups is 2. The molecule has 1 saturated carbocycles. The zero-order valence-electron chi connectivity index (χ0n) is 18.5. The molecule has 1 aliphatic carbocycles. The number of amides is 2. The van der Waals surface area contributed by atoms with Gasteiger partial charge in [-0.25, -0.2) is 13.4 Å². The summed E-state index contributed by atoms with van der Waals surface area (Å²) in [5, 5.41) is 6.33. The minimum absolute atomic E-state index is 0.137. The number of pyridine rings is 1. The van der Waals surface area contributed by atoms with Gasteiger partial charge in [-0.05, 0) is 43.2 Å². The van der Waals surface area contributed by atoms with Crippen LogP contribution in [0.15, 0.2) is 53.7 Å². The van der Waals surface area contributed by atoms with Gasteiger partial charge in [-0.3, -0.25) is 14.5 Å². The molecule has 0 unspecified atom stereocenters. The summed E-state index contributed by atoms with van der Waals surface area (Å²) in [6, 6.07) is 10.6. The van der Waals surface area contributed by atoms with E-state index in [1.54, 1.807) is 42.6 Å². The molecule has 0 bridgehead atoms. The van der Waals surface area contributed by atoms with Crippen LogP contribution in [-0.4, -0.2) is 78.2 Å². The maximum atomic E-state index is 13.1. The van der Waals surface area contributed by atoms with Gasteiger partial charge in [0.15, 0.2) is 0 Å². The first-order valence-electron chi connectivity index (χ1n) is 11.3. The van der Waals surface area contributed by atoms with Crippen LogP contribution in [0.2, 0.25) is 0 Å². The molecule has 1 saturated heterocycles. The second kappa shape index (κ2) is 9.16. The molecule has 178 valence electrons. The molecule has 2 aliphatic rings. The van der Waals surface area contributed by atoms with E-state index in [1.165, 1.54) is 10.5 Å². The maximum absolute atomic E-state index is 13.1. The quantitative estimate of drug-likeness (QED) is 0.467. The predicted octanol–water partition coefficient (Wildman–Crippen LogP) is 1.40. The Balaban J connectivity index is 1.16. The smallest absolute Gasteiger partial charge is 0.251 e. The Morgan fingerprint density at radius 2 is 1.88 bits per heavy atom. The van der Waals surface area contributed by atoms with Crippen molar-refractivity contribution < 1.29 is 18.0 Å². The lowest BCUT2D eigenvalue weighted by atomic mass is 10.2. The third kappa shape index (κ3) is 4.81. The van der Waals surface area contributed by atoms with E-state index < -0.39 is 10.0 Å². The van der Waals surface area contributed by atoms with Crippen molar-refractivity contribution in [3.05, 3.63) is 54.4 Å². The molecule has 34 heavy (non-hydrogen) atoms. The van der Waals surface area contributed by atoms with Gasteiger partial charge in [0, 0.05) is 61.3 Å². The van der Waals surface area contributed by atoms with E-state index in [4.69, 9.17) is 0 Å². The van der Waals surface area contributed by atoms with Crippen molar-refractivity contribution >= 4 is 38.6 Å². The molecule has 10 nitrogen and oxygen atoms in total. The normalized spacial score (nSPS) is 17.5. The predicted molar refractivity (Wildman–Crippen MR) is 127 cm³/mol. The van der Waals surface area contributed by atoms with Crippen LogP contribution in [0.25, 0.3) is 11.0 Å². The first-order chi connectivity index (χ1) is 16.4. The van der Waals surface area contributed by atoms with Crippen LogP contribution in [0, 0.1) is 0 Å². The third-order valence-corrected chi connectivity index (χ3v) is 7.99. The second-order valence-corrected chi connectivity index (χ2v) is 10.5. The van der Waals surface area contributed by atoms with Gasteiger partial charge in [-0.1, -0.05) is 6.07 Å². The number of fused-ring (bicyclic) bond motifs is 1. The molecule has 1 aromatic carbocycles. The number of piperazine rings is 1. The molecule has 3 heterocycles. The molecule has 0 atom stereocenters. The fraction of sp³-hybridized carbons (Fsp3) is 0.348. The van der Waals surface area contributed by atoms with E-state index >= 15 is 0 Å². The SMILES string of the molecule is O=C(CN1CCN(S(=O)(=O)c2c[nH]c3ncccc23)CC1)Nc1cccc(C(=O)NC2CC2)c1. The van der Waals surface area contributed by atoms with Crippen molar-refractivity contribution in [3.63, 3.8) is 0 Å². The first-order valence-corrected chi connectivity index (χ1v) is 12.7. The highest BCUT2D eigenvalue weighted by atomic mass is 32.2. The molecule has 2 fully saturated rings. The molecule has 3 N–H and O–H groups in total. The fourth-order valence-corrected chi connectivity index (χ4v) is 5.62. The summed E-state index contributed by atoms with van der Waals surface area (Å²) in [6.45, 7) is 1.61. The first kappa shape index (κ1) is 22.5. The molecule has 1 aliphatic heterocycles. The van der Waals surface area contributed by atoms with Crippen LogP contribution in [0.3, 0.4) is 0 Å². The van der Waals surface area contributed by atoms with Gasteiger partial charge >= 0.3 is 0 Å². The Kier molecular flexibility index (Phi) is 6.07. The van der Waals surface area contributed by atoms with Gasteiger partial charge in [-0.2, -0.15) is 4.31 Å². The Hall–Kier alpha value is -3.28. The fourth-order valence-electron chi connectivity index (χ4n) is 4.05. The Bertz CT molecular complexity index is 1330. The number of hydrogen-bond acceptors (Lipinski definition) is 6. The molecule has 11 heteroatoms. The number of H-pyrrole nitrogens is 1. The highest BCUT2D eigenvalue weighted by molar-refractivity contribution is 7.89. The number of aromatic amines is 1. The standard InChI is InChI=1S/C23H26N6O4S/c30-21(26-18-4-1-3-16(13-18)23(31)27-17-6-7-17)15-28-9-11-29(12-10-28)34(32,33)20-14-25-22-19(20)5-2-8-24-22/h1-5,8,13-14,17H,6-7,9-12,15H2,(H,24,25)(H,26,30)(H,27,31). The van der Waals surface area contributed by atoms with Crippen LogP contribution in [0.1, 0.15) is 23.2 Å². The Morgan fingerprint density at radius 1 is 1.09 bits per heavy atom. The number of rotatable bonds is 7. The van der Waals surface area contributed by atoms with E-state index in [9.17, 15) is 18.0 Å². The molecule has 2 amide bonds. The Morgan fingerprint density at radius 3 is 2.65 bits per heavy atom. The van der Waals surface area contributed by atoms with Crippen LogP contribution >= 0.6 is 0 Å². The maximum Gasteiger partial charge on any atom is 0.251 e. The molecule has 0 spiro atoms. The van der Waals surface area contributed by atoms with E-state index in [-0.39, 0.29) is 29.3 Å². The minimum Gasteiger partial charge on any atom is -0.349 e. The zero-order valence-corrected chi connectivity index (χ0v) is 19.3. The largest absolute Gasteiger partial charge is 0.349 e. The molecule has 3 aromatic rings. The zero-order chi connectivity index (χ0) is 23.7. The van der Waals surface area contributed by atoms with Crippen LogP contribution in [-0.2, 0) is 14.8 Å². The van der Waals surface area contributed by atoms with Crippen molar-refractivity contribution in [2.75, 3.05) is 38.0 Å². The van der Waals surface area contributed by atoms with Crippen molar-refractivity contribution in [1.82, 2.24) is 24.5 Å². The van der Waals surface area contributed by atoms with Crippen LogP contribution < -0.4 is 10.6 Å². The van der Waals surface area contributed by atoms with Gasteiger partial charge < -0.3 is 15.6 Å². The highest BCUT2D eigenvalue weighted by Crippen LogP contribution is 2.25. The highest BCUT2D eigenvalue weighted by Gasteiger charge is 2.31. The van der Waals surface area contributed by atoms with Gasteiger partial charge in [0.1, 0.15) is 10.5 Å². The summed E-state index contributed by atoms with van der Waals surface area (Å²) >= 11 is 0.